The lowest BCUT2D eigenvalue weighted by Gasteiger charge is -2.22. The van der Waals surface area contributed by atoms with Crippen molar-refractivity contribution in [3.63, 3.8) is 0 Å². The fraction of sp³-hybridized carbons (Fsp3) is 0.294. The van der Waals surface area contributed by atoms with Gasteiger partial charge in [-0.05, 0) is 60.8 Å². The summed E-state index contributed by atoms with van der Waals surface area (Å²) in [6.07, 6.45) is 0. The Kier molecular flexibility index (Phi) is 5.26. The van der Waals surface area contributed by atoms with Gasteiger partial charge in [0, 0.05) is 10.0 Å². The van der Waals surface area contributed by atoms with Crippen LogP contribution >= 0.6 is 23.2 Å². The maximum Gasteiger partial charge on any atom is 0.127 e. The van der Waals surface area contributed by atoms with Crippen LogP contribution in [0.1, 0.15) is 35.2 Å². The van der Waals surface area contributed by atoms with E-state index in [4.69, 9.17) is 23.2 Å². The lowest BCUT2D eigenvalue weighted by Crippen LogP contribution is -2.23. The minimum atomic E-state index is -0.297. The maximum atomic E-state index is 13.6. The Balaban J connectivity index is 2.55. The average molecular weight is 326 g/mol. The van der Waals surface area contributed by atoms with Crippen LogP contribution in [0.3, 0.4) is 0 Å². The lowest BCUT2D eigenvalue weighted by molar-refractivity contribution is 0.606. The van der Waals surface area contributed by atoms with Gasteiger partial charge in [-0.2, -0.15) is 0 Å². The molecule has 2 aromatic carbocycles. The van der Waals surface area contributed by atoms with Crippen LogP contribution in [-0.4, -0.2) is 6.54 Å². The van der Waals surface area contributed by atoms with Gasteiger partial charge in [-0.3, -0.25) is 0 Å². The Labute approximate surface area is 135 Å². The molecule has 0 aliphatic heterocycles. The molecule has 4 heteroatoms. The molecule has 1 nitrogen and oxygen atoms in total. The first kappa shape index (κ1) is 16.3. The fourth-order valence-corrected chi connectivity index (χ4v) is 2.96. The standard InChI is InChI=1S/C17H18Cl2FN/c1-4-21-17(12-6-5-10(2)7-14(12)18)13-8-11(3)16(20)9-15(13)19/h5-9,17,21H,4H2,1-3H3. The number of hydrogen-bond donors (Lipinski definition) is 1. The van der Waals surface area contributed by atoms with Gasteiger partial charge in [0.05, 0.1) is 6.04 Å². The summed E-state index contributed by atoms with van der Waals surface area (Å²) in [4.78, 5) is 0. The number of hydrogen-bond acceptors (Lipinski definition) is 1. The maximum absolute atomic E-state index is 13.6. The van der Waals surface area contributed by atoms with E-state index in [1.807, 2.05) is 32.0 Å². The summed E-state index contributed by atoms with van der Waals surface area (Å²) in [7, 11) is 0. The summed E-state index contributed by atoms with van der Waals surface area (Å²) >= 11 is 12.6. The van der Waals surface area contributed by atoms with Gasteiger partial charge in [-0.15, -0.1) is 0 Å². The van der Waals surface area contributed by atoms with Crippen molar-refractivity contribution >= 4 is 23.2 Å². The van der Waals surface area contributed by atoms with E-state index in [1.165, 1.54) is 6.07 Å². The van der Waals surface area contributed by atoms with Crippen molar-refractivity contribution in [2.75, 3.05) is 6.54 Å². The zero-order valence-corrected chi connectivity index (χ0v) is 13.8. The van der Waals surface area contributed by atoms with Crippen LogP contribution in [0, 0.1) is 19.7 Å². The minimum Gasteiger partial charge on any atom is -0.306 e. The highest BCUT2D eigenvalue weighted by Crippen LogP contribution is 2.34. The van der Waals surface area contributed by atoms with Crippen LogP contribution in [0.4, 0.5) is 4.39 Å². The summed E-state index contributed by atoms with van der Waals surface area (Å²) in [5, 5.41) is 4.45. The summed E-state index contributed by atoms with van der Waals surface area (Å²) in [5.74, 6) is -0.297. The van der Waals surface area contributed by atoms with Crippen LogP contribution in [0.25, 0.3) is 0 Å². The molecule has 0 heterocycles. The number of benzene rings is 2. The molecule has 0 saturated heterocycles. The van der Waals surface area contributed by atoms with Gasteiger partial charge in [0.1, 0.15) is 5.82 Å². The van der Waals surface area contributed by atoms with Gasteiger partial charge < -0.3 is 5.32 Å². The van der Waals surface area contributed by atoms with Crippen LogP contribution in [0.2, 0.25) is 10.0 Å². The molecule has 0 aliphatic carbocycles. The zero-order valence-electron chi connectivity index (χ0n) is 12.3. The predicted molar refractivity (Wildman–Crippen MR) is 87.9 cm³/mol. The van der Waals surface area contributed by atoms with Crippen molar-refractivity contribution in [3.05, 3.63) is 68.4 Å². The lowest BCUT2D eigenvalue weighted by atomic mass is 9.96. The molecule has 1 unspecified atom stereocenters. The summed E-state index contributed by atoms with van der Waals surface area (Å²) < 4.78 is 13.6. The molecule has 1 atom stereocenters. The Hall–Kier alpha value is -1.09. The first-order valence-corrected chi connectivity index (χ1v) is 7.64. The molecule has 0 aliphatic rings. The van der Waals surface area contributed by atoms with Crippen molar-refractivity contribution in [2.24, 2.45) is 0 Å². The van der Waals surface area contributed by atoms with Gasteiger partial charge in [0.2, 0.25) is 0 Å². The second-order valence-corrected chi connectivity index (χ2v) is 5.95. The van der Waals surface area contributed by atoms with E-state index in [2.05, 4.69) is 5.32 Å². The van der Waals surface area contributed by atoms with Crippen molar-refractivity contribution in [1.82, 2.24) is 5.32 Å². The highest BCUT2D eigenvalue weighted by Gasteiger charge is 2.20. The van der Waals surface area contributed by atoms with Crippen LogP contribution in [0.5, 0.6) is 0 Å². The van der Waals surface area contributed by atoms with Crippen LogP contribution in [-0.2, 0) is 0 Å². The van der Waals surface area contributed by atoms with Gasteiger partial charge in [0.15, 0.2) is 0 Å². The van der Waals surface area contributed by atoms with Crippen molar-refractivity contribution < 1.29 is 4.39 Å². The first-order valence-electron chi connectivity index (χ1n) is 6.89. The van der Waals surface area contributed by atoms with E-state index in [-0.39, 0.29) is 11.9 Å². The topological polar surface area (TPSA) is 12.0 Å². The van der Waals surface area contributed by atoms with E-state index >= 15 is 0 Å². The Morgan fingerprint density at radius 1 is 1.05 bits per heavy atom. The van der Waals surface area contributed by atoms with Gasteiger partial charge in [-0.25, -0.2) is 4.39 Å². The van der Waals surface area contributed by atoms with E-state index < -0.39 is 0 Å². The molecule has 0 aromatic heterocycles. The molecule has 0 fully saturated rings. The van der Waals surface area contributed by atoms with Gasteiger partial charge in [-0.1, -0.05) is 42.3 Å². The minimum absolute atomic E-state index is 0.157. The zero-order chi connectivity index (χ0) is 15.6. The van der Waals surface area contributed by atoms with Crippen molar-refractivity contribution in [2.45, 2.75) is 26.8 Å². The number of halogens is 3. The first-order chi connectivity index (χ1) is 9.93. The molecule has 0 saturated carbocycles. The third-order valence-corrected chi connectivity index (χ3v) is 4.12. The predicted octanol–water partition coefficient (Wildman–Crippen LogP) is 5.45. The Bertz CT molecular complexity index is 655. The Morgan fingerprint density at radius 2 is 1.71 bits per heavy atom. The Morgan fingerprint density at radius 3 is 2.33 bits per heavy atom. The molecule has 0 amide bonds. The SMILES string of the molecule is CCNC(c1ccc(C)cc1Cl)c1cc(C)c(F)cc1Cl. The third kappa shape index (κ3) is 3.57. The molecule has 0 bridgehead atoms. The molecule has 2 aromatic rings. The van der Waals surface area contributed by atoms with E-state index in [9.17, 15) is 4.39 Å². The molecule has 0 radical (unpaired) electrons. The summed E-state index contributed by atoms with van der Waals surface area (Å²) in [6.45, 7) is 6.49. The molecular formula is C17H18Cl2FN. The van der Waals surface area contributed by atoms with E-state index in [1.54, 1.807) is 13.0 Å². The van der Waals surface area contributed by atoms with Crippen molar-refractivity contribution in [1.29, 1.82) is 0 Å². The quantitative estimate of drug-likeness (QED) is 0.788. The normalized spacial score (nSPS) is 12.5. The smallest absolute Gasteiger partial charge is 0.127 e. The third-order valence-electron chi connectivity index (χ3n) is 3.46. The fourth-order valence-electron chi connectivity index (χ4n) is 2.36. The van der Waals surface area contributed by atoms with E-state index in [0.29, 0.717) is 15.6 Å². The largest absolute Gasteiger partial charge is 0.306 e. The highest BCUT2D eigenvalue weighted by atomic mass is 35.5. The van der Waals surface area contributed by atoms with Crippen LogP contribution < -0.4 is 5.32 Å². The number of nitrogens with one attached hydrogen (secondary N) is 1. The summed E-state index contributed by atoms with van der Waals surface area (Å²) in [5.41, 5.74) is 3.45. The second kappa shape index (κ2) is 6.78. The van der Waals surface area contributed by atoms with Gasteiger partial charge in [0.25, 0.3) is 0 Å². The molecule has 0 spiro atoms. The number of rotatable bonds is 4. The van der Waals surface area contributed by atoms with Crippen LogP contribution in [0.15, 0.2) is 30.3 Å². The average Bonchev–Trinajstić information content (AvgIpc) is 2.41. The summed E-state index contributed by atoms with van der Waals surface area (Å²) in [6, 6.07) is 8.90. The highest BCUT2D eigenvalue weighted by molar-refractivity contribution is 6.32. The molecule has 2 rings (SSSR count). The monoisotopic (exact) mass is 325 g/mol. The molecule has 112 valence electrons. The van der Waals surface area contributed by atoms with Gasteiger partial charge >= 0.3 is 0 Å². The van der Waals surface area contributed by atoms with E-state index in [0.717, 1.165) is 23.2 Å². The molecule has 21 heavy (non-hydrogen) atoms. The second-order valence-electron chi connectivity index (χ2n) is 5.14. The molecular weight excluding hydrogens is 308 g/mol. The number of aryl methyl sites for hydroxylation is 2. The van der Waals surface area contributed by atoms with Crippen molar-refractivity contribution in [3.8, 4) is 0 Å². The molecule has 1 N–H and O–H groups in total.